The van der Waals surface area contributed by atoms with Crippen molar-refractivity contribution in [2.75, 3.05) is 0 Å². The lowest BCUT2D eigenvalue weighted by Gasteiger charge is -2.18. The van der Waals surface area contributed by atoms with Crippen molar-refractivity contribution in [3.8, 4) is 0 Å². The van der Waals surface area contributed by atoms with Crippen LogP contribution in [0.1, 0.15) is 53.9 Å². The van der Waals surface area contributed by atoms with Gasteiger partial charge in [-0.25, -0.2) is 0 Å². The van der Waals surface area contributed by atoms with Crippen LogP contribution in [0.2, 0.25) is 0 Å². The van der Waals surface area contributed by atoms with Crippen LogP contribution < -0.4 is 0 Å². The summed E-state index contributed by atoms with van der Waals surface area (Å²) in [5.41, 5.74) is 0.537. The van der Waals surface area contributed by atoms with Crippen LogP contribution in [-0.2, 0) is 0 Å². The highest BCUT2D eigenvalue weighted by Gasteiger charge is 2.09. The van der Waals surface area contributed by atoms with Crippen LogP contribution >= 0.6 is 0 Å². The Bertz CT molecular complexity index is 74.5. The van der Waals surface area contributed by atoms with Gasteiger partial charge >= 0.3 is 0 Å². The first-order valence-corrected chi connectivity index (χ1v) is 4.42. The molecule has 62 valence electrons. The molecule has 0 aliphatic rings. The highest BCUT2D eigenvalue weighted by atomic mass is 14.1. The predicted octanol–water partition coefficient (Wildman–Crippen LogP) is 3.86. The molecular formula is C10H22. The summed E-state index contributed by atoms with van der Waals surface area (Å²) in [5, 5.41) is 0. The van der Waals surface area contributed by atoms with Crippen LogP contribution in [-0.4, -0.2) is 0 Å². The molecule has 0 bridgehead atoms. The molecule has 10 heavy (non-hydrogen) atoms. The van der Waals surface area contributed by atoms with Crippen molar-refractivity contribution in [1.82, 2.24) is 0 Å². The lowest BCUT2D eigenvalue weighted by molar-refractivity contribution is 0.347. The van der Waals surface area contributed by atoms with Crippen molar-refractivity contribution in [3.63, 3.8) is 0 Å². The van der Waals surface area contributed by atoms with E-state index < -0.39 is 0 Å². The monoisotopic (exact) mass is 142 g/mol. The highest BCUT2D eigenvalue weighted by Crippen LogP contribution is 2.22. The number of hydrogen-bond donors (Lipinski definition) is 0. The Kier molecular flexibility index (Phi) is 4.00. The average molecular weight is 142 g/mol. The Morgan fingerprint density at radius 2 is 1.60 bits per heavy atom. The molecule has 0 saturated carbocycles. The van der Waals surface area contributed by atoms with Crippen LogP contribution in [0.5, 0.6) is 0 Å². The van der Waals surface area contributed by atoms with E-state index in [-0.39, 0.29) is 0 Å². The van der Waals surface area contributed by atoms with Crippen LogP contribution in [0, 0.1) is 11.3 Å². The quantitative estimate of drug-likeness (QED) is 0.561. The van der Waals surface area contributed by atoms with Crippen LogP contribution in [0.4, 0.5) is 0 Å². The van der Waals surface area contributed by atoms with Crippen molar-refractivity contribution in [2.24, 2.45) is 11.3 Å². The van der Waals surface area contributed by atoms with E-state index in [1.54, 1.807) is 0 Å². The normalized spacial score (nSPS) is 12.6. The minimum absolute atomic E-state index is 0.537. The Morgan fingerprint density at radius 3 is 1.90 bits per heavy atom. The van der Waals surface area contributed by atoms with Gasteiger partial charge < -0.3 is 0 Å². The Morgan fingerprint density at radius 1 is 1.10 bits per heavy atom. The molecule has 0 aromatic carbocycles. The summed E-state index contributed by atoms with van der Waals surface area (Å²) >= 11 is 0. The van der Waals surface area contributed by atoms with Crippen molar-refractivity contribution >= 4 is 0 Å². The van der Waals surface area contributed by atoms with Gasteiger partial charge in [0.05, 0.1) is 0 Å². The fourth-order valence-electron chi connectivity index (χ4n) is 1.04. The summed E-state index contributed by atoms with van der Waals surface area (Å²) in [6.07, 6.45) is 4.14. The maximum absolute atomic E-state index is 2.31. The Labute approximate surface area is 66.0 Å². The maximum Gasteiger partial charge on any atom is -0.0383 e. The summed E-state index contributed by atoms with van der Waals surface area (Å²) < 4.78 is 0. The van der Waals surface area contributed by atoms with Gasteiger partial charge in [0.15, 0.2) is 0 Å². The minimum Gasteiger partial charge on any atom is -0.0628 e. The molecule has 0 rings (SSSR count). The van der Waals surface area contributed by atoms with E-state index in [9.17, 15) is 0 Å². The van der Waals surface area contributed by atoms with Gasteiger partial charge in [0.2, 0.25) is 0 Å². The van der Waals surface area contributed by atoms with Gasteiger partial charge in [0.25, 0.3) is 0 Å². The summed E-state index contributed by atoms with van der Waals surface area (Å²) in [4.78, 5) is 0. The lowest BCUT2D eigenvalue weighted by atomic mass is 9.88. The largest absolute Gasteiger partial charge is 0.0628 e. The van der Waals surface area contributed by atoms with Gasteiger partial charge in [0, 0.05) is 0 Å². The summed E-state index contributed by atoms with van der Waals surface area (Å²) in [6, 6.07) is 0. The SMILES string of the molecule is CC(C)CCCC(C)(C)C. The van der Waals surface area contributed by atoms with Gasteiger partial charge in [0.1, 0.15) is 0 Å². The molecular weight excluding hydrogens is 120 g/mol. The van der Waals surface area contributed by atoms with Gasteiger partial charge in [-0.15, -0.1) is 0 Å². The van der Waals surface area contributed by atoms with E-state index in [0.29, 0.717) is 5.41 Å². The van der Waals surface area contributed by atoms with Crippen molar-refractivity contribution in [2.45, 2.75) is 53.9 Å². The van der Waals surface area contributed by atoms with Gasteiger partial charge in [-0.1, -0.05) is 47.5 Å². The van der Waals surface area contributed by atoms with Crippen molar-refractivity contribution in [3.05, 3.63) is 0 Å². The molecule has 0 spiro atoms. The zero-order valence-electron chi connectivity index (χ0n) is 8.20. The molecule has 0 aliphatic carbocycles. The third-order valence-electron chi connectivity index (χ3n) is 1.71. The smallest absolute Gasteiger partial charge is 0.0383 e. The minimum atomic E-state index is 0.537. The second-order valence-electron chi connectivity index (χ2n) is 4.85. The van der Waals surface area contributed by atoms with Crippen molar-refractivity contribution in [1.29, 1.82) is 0 Å². The van der Waals surface area contributed by atoms with E-state index in [2.05, 4.69) is 34.6 Å². The molecule has 0 heteroatoms. The van der Waals surface area contributed by atoms with E-state index >= 15 is 0 Å². The van der Waals surface area contributed by atoms with Gasteiger partial charge in [-0.3, -0.25) is 0 Å². The second kappa shape index (κ2) is 4.00. The second-order valence-corrected chi connectivity index (χ2v) is 4.85. The van der Waals surface area contributed by atoms with E-state index in [1.165, 1.54) is 19.3 Å². The zero-order valence-corrected chi connectivity index (χ0v) is 8.20. The first kappa shape index (κ1) is 10.0. The summed E-state index contributed by atoms with van der Waals surface area (Å²) in [6.45, 7) is 11.5. The van der Waals surface area contributed by atoms with Crippen LogP contribution in [0.15, 0.2) is 0 Å². The molecule has 0 aromatic rings. The van der Waals surface area contributed by atoms with Crippen molar-refractivity contribution < 1.29 is 0 Å². The van der Waals surface area contributed by atoms with Crippen LogP contribution in [0.25, 0.3) is 0 Å². The standard InChI is InChI=1S/C10H22/c1-9(2)7-6-8-10(3,4)5/h9H,6-8H2,1-5H3. The van der Waals surface area contributed by atoms with Gasteiger partial charge in [-0.05, 0) is 17.8 Å². The number of rotatable bonds is 3. The molecule has 0 fully saturated rings. The summed E-state index contributed by atoms with van der Waals surface area (Å²) in [5.74, 6) is 0.877. The molecule has 0 unspecified atom stereocenters. The fourth-order valence-corrected chi connectivity index (χ4v) is 1.04. The Hall–Kier alpha value is 0. The zero-order chi connectivity index (χ0) is 8.20. The molecule has 0 heterocycles. The third kappa shape index (κ3) is 8.00. The van der Waals surface area contributed by atoms with E-state index in [0.717, 1.165) is 5.92 Å². The maximum atomic E-state index is 2.31. The average Bonchev–Trinajstić information content (AvgIpc) is 1.59. The molecule has 0 radical (unpaired) electrons. The molecule has 0 N–H and O–H groups in total. The number of hydrogen-bond acceptors (Lipinski definition) is 0. The molecule has 0 atom stereocenters. The molecule has 0 nitrogen and oxygen atoms in total. The molecule has 0 aromatic heterocycles. The molecule has 0 amide bonds. The van der Waals surface area contributed by atoms with Gasteiger partial charge in [-0.2, -0.15) is 0 Å². The molecule has 0 saturated heterocycles. The van der Waals surface area contributed by atoms with E-state index in [1.807, 2.05) is 0 Å². The highest BCUT2D eigenvalue weighted by molar-refractivity contribution is 4.61. The first-order valence-electron chi connectivity index (χ1n) is 4.42. The lowest BCUT2D eigenvalue weighted by Crippen LogP contribution is -2.04. The Balaban J connectivity index is 3.21. The predicted molar refractivity (Wildman–Crippen MR) is 48.1 cm³/mol. The first-order chi connectivity index (χ1) is 4.42. The van der Waals surface area contributed by atoms with E-state index in [4.69, 9.17) is 0 Å². The fraction of sp³-hybridized carbons (Fsp3) is 1.00. The topological polar surface area (TPSA) is 0 Å². The summed E-state index contributed by atoms with van der Waals surface area (Å²) in [7, 11) is 0. The van der Waals surface area contributed by atoms with Crippen LogP contribution in [0.3, 0.4) is 0 Å². The molecule has 0 aliphatic heterocycles. The third-order valence-corrected chi connectivity index (χ3v) is 1.71.